The van der Waals surface area contributed by atoms with Gasteiger partial charge in [-0.05, 0) is 48.9 Å². The van der Waals surface area contributed by atoms with Gasteiger partial charge in [0.25, 0.3) is 0 Å². The number of nitrogens with one attached hydrogen (secondary N) is 2. The van der Waals surface area contributed by atoms with Crippen LogP contribution in [0.2, 0.25) is 0 Å². The molecule has 7 heteroatoms. The second kappa shape index (κ2) is 10.3. The highest BCUT2D eigenvalue weighted by Crippen LogP contribution is 2.20. The van der Waals surface area contributed by atoms with E-state index >= 15 is 0 Å². The maximum atomic E-state index is 13.1. The molecule has 0 radical (unpaired) electrons. The fraction of sp³-hybridized carbons (Fsp3) is 0.364. The Hall–Kier alpha value is -3.27. The number of guanidine groups is 1. The molecule has 1 fully saturated rings. The minimum absolute atomic E-state index is 0.206. The third-order valence-corrected chi connectivity index (χ3v) is 4.73. The number of rotatable bonds is 6. The summed E-state index contributed by atoms with van der Waals surface area (Å²) in [5.41, 5.74) is 2.14. The average Bonchev–Trinajstić information content (AvgIpc) is 2.76. The normalized spacial score (nSPS) is 14.4. The zero-order valence-electron chi connectivity index (χ0n) is 16.7. The molecule has 2 heterocycles. The van der Waals surface area contributed by atoms with Gasteiger partial charge in [-0.3, -0.25) is 0 Å². The van der Waals surface area contributed by atoms with Crippen LogP contribution in [0.3, 0.4) is 0 Å². The monoisotopic (exact) mass is 394 g/mol. The molecule has 1 aliphatic heterocycles. The highest BCUT2D eigenvalue weighted by molar-refractivity contribution is 5.80. The molecular formula is C22H27FN6. The Labute approximate surface area is 171 Å². The summed E-state index contributed by atoms with van der Waals surface area (Å²) in [5.74, 6) is 4.01. The van der Waals surface area contributed by atoms with Crippen LogP contribution in [0, 0.1) is 18.2 Å². The van der Waals surface area contributed by atoms with E-state index in [2.05, 4.69) is 42.4 Å². The van der Waals surface area contributed by atoms with Crippen molar-refractivity contribution in [2.45, 2.75) is 13.5 Å². The van der Waals surface area contributed by atoms with Crippen molar-refractivity contribution in [3.63, 3.8) is 0 Å². The molecule has 0 amide bonds. The third-order valence-electron chi connectivity index (χ3n) is 4.73. The first-order valence-corrected chi connectivity index (χ1v) is 9.85. The van der Waals surface area contributed by atoms with Crippen LogP contribution in [0.15, 0.2) is 47.6 Å². The van der Waals surface area contributed by atoms with Crippen molar-refractivity contribution >= 4 is 17.5 Å². The van der Waals surface area contributed by atoms with Gasteiger partial charge >= 0.3 is 0 Å². The Kier molecular flexibility index (Phi) is 7.28. The molecule has 0 atom stereocenters. The van der Waals surface area contributed by atoms with Crippen molar-refractivity contribution in [2.24, 2.45) is 4.99 Å². The zero-order valence-corrected chi connectivity index (χ0v) is 16.7. The standard InChI is InChI=1S/C22H27FN6/c1-3-10-26-22(24-4-2)27-17-18-9-11-25-21(16-18)29-14-12-28(13-15-29)20-7-5-19(23)6-8-20/h1,5-9,11,16H,4,10,12-15,17H2,2H3,(H2,24,26,27). The van der Waals surface area contributed by atoms with E-state index in [1.54, 1.807) is 0 Å². The summed E-state index contributed by atoms with van der Waals surface area (Å²) >= 11 is 0. The quantitative estimate of drug-likeness (QED) is 0.447. The van der Waals surface area contributed by atoms with Crippen molar-refractivity contribution in [1.29, 1.82) is 0 Å². The van der Waals surface area contributed by atoms with Crippen molar-refractivity contribution in [1.82, 2.24) is 15.6 Å². The van der Waals surface area contributed by atoms with Gasteiger partial charge in [-0.1, -0.05) is 5.92 Å². The first-order chi connectivity index (χ1) is 14.2. The van der Waals surface area contributed by atoms with Crippen molar-refractivity contribution in [3.8, 4) is 12.3 Å². The van der Waals surface area contributed by atoms with E-state index < -0.39 is 0 Å². The molecule has 6 nitrogen and oxygen atoms in total. The van der Waals surface area contributed by atoms with Gasteiger partial charge in [0.05, 0.1) is 13.1 Å². The maximum Gasteiger partial charge on any atom is 0.192 e. The minimum atomic E-state index is -0.206. The number of pyridine rings is 1. The zero-order chi connectivity index (χ0) is 20.5. The molecule has 3 rings (SSSR count). The number of hydrogen-bond donors (Lipinski definition) is 2. The van der Waals surface area contributed by atoms with E-state index in [0.29, 0.717) is 19.0 Å². The van der Waals surface area contributed by atoms with Crippen LogP contribution < -0.4 is 20.4 Å². The number of benzene rings is 1. The molecule has 0 unspecified atom stereocenters. The predicted molar refractivity (Wildman–Crippen MR) is 117 cm³/mol. The Balaban J connectivity index is 1.59. The predicted octanol–water partition coefficient (Wildman–Crippen LogP) is 2.24. The van der Waals surface area contributed by atoms with E-state index in [1.807, 2.05) is 31.3 Å². The SMILES string of the molecule is C#CCNC(=NCc1ccnc(N2CCN(c3ccc(F)cc3)CC2)c1)NCC. The molecular weight excluding hydrogens is 367 g/mol. The number of hydrogen-bond acceptors (Lipinski definition) is 4. The first-order valence-electron chi connectivity index (χ1n) is 9.85. The lowest BCUT2D eigenvalue weighted by Gasteiger charge is -2.36. The molecule has 2 aromatic rings. The molecule has 1 aromatic heterocycles. The summed E-state index contributed by atoms with van der Waals surface area (Å²) in [4.78, 5) is 13.7. The van der Waals surface area contributed by atoms with Gasteiger partial charge in [0.15, 0.2) is 5.96 Å². The number of aliphatic imine (C=N–C) groups is 1. The van der Waals surface area contributed by atoms with Crippen molar-refractivity contribution in [3.05, 3.63) is 54.0 Å². The molecule has 1 aliphatic rings. The van der Waals surface area contributed by atoms with Crippen molar-refractivity contribution < 1.29 is 4.39 Å². The van der Waals surface area contributed by atoms with Gasteiger partial charge in [0.1, 0.15) is 11.6 Å². The van der Waals surface area contributed by atoms with Gasteiger partial charge in [0, 0.05) is 44.6 Å². The van der Waals surface area contributed by atoms with Crippen LogP contribution in [0.5, 0.6) is 0 Å². The van der Waals surface area contributed by atoms with Crippen LogP contribution in [0.1, 0.15) is 12.5 Å². The summed E-state index contributed by atoms with van der Waals surface area (Å²) < 4.78 is 13.1. The average molecular weight is 394 g/mol. The van der Waals surface area contributed by atoms with Crippen LogP contribution >= 0.6 is 0 Å². The lowest BCUT2D eigenvalue weighted by molar-refractivity contribution is 0.624. The molecule has 0 saturated carbocycles. The number of aromatic nitrogens is 1. The molecule has 1 saturated heterocycles. The van der Waals surface area contributed by atoms with Crippen LogP contribution in [0.25, 0.3) is 0 Å². The summed E-state index contributed by atoms with van der Waals surface area (Å²) in [6.45, 7) is 7.25. The summed E-state index contributed by atoms with van der Waals surface area (Å²) in [6, 6.07) is 10.7. The van der Waals surface area contributed by atoms with Gasteiger partial charge in [0.2, 0.25) is 0 Å². The first kappa shape index (κ1) is 20.5. The number of terminal acetylenes is 1. The number of piperazine rings is 1. The van der Waals surface area contributed by atoms with Crippen LogP contribution in [0.4, 0.5) is 15.9 Å². The minimum Gasteiger partial charge on any atom is -0.368 e. The van der Waals surface area contributed by atoms with E-state index in [-0.39, 0.29) is 5.82 Å². The van der Waals surface area contributed by atoms with Crippen LogP contribution in [-0.4, -0.2) is 50.2 Å². The largest absolute Gasteiger partial charge is 0.368 e. The molecule has 0 bridgehead atoms. The van der Waals surface area contributed by atoms with E-state index in [1.165, 1.54) is 12.1 Å². The number of nitrogens with zero attached hydrogens (tertiary/aromatic N) is 4. The van der Waals surface area contributed by atoms with Gasteiger partial charge < -0.3 is 20.4 Å². The third kappa shape index (κ3) is 5.85. The topological polar surface area (TPSA) is 55.8 Å². The van der Waals surface area contributed by atoms with E-state index in [4.69, 9.17) is 6.42 Å². The Morgan fingerprint density at radius 1 is 1.14 bits per heavy atom. The Bertz CT molecular complexity index is 850. The molecule has 2 N–H and O–H groups in total. The smallest absolute Gasteiger partial charge is 0.192 e. The molecule has 1 aromatic carbocycles. The second-order valence-electron chi connectivity index (χ2n) is 6.73. The Morgan fingerprint density at radius 3 is 2.55 bits per heavy atom. The van der Waals surface area contributed by atoms with E-state index in [0.717, 1.165) is 49.8 Å². The molecule has 0 aliphatic carbocycles. The highest BCUT2D eigenvalue weighted by Gasteiger charge is 2.18. The fourth-order valence-corrected chi connectivity index (χ4v) is 3.22. The van der Waals surface area contributed by atoms with Crippen molar-refractivity contribution in [2.75, 3.05) is 49.1 Å². The number of anilines is 2. The molecule has 29 heavy (non-hydrogen) atoms. The highest BCUT2D eigenvalue weighted by atomic mass is 19.1. The van der Waals surface area contributed by atoms with Gasteiger partial charge in [-0.15, -0.1) is 6.42 Å². The van der Waals surface area contributed by atoms with Crippen LogP contribution in [-0.2, 0) is 6.54 Å². The van der Waals surface area contributed by atoms with Gasteiger partial charge in [-0.2, -0.15) is 0 Å². The van der Waals surface area contributed by atoms with Gasteiger partial charge in [-0.25, -0.2) is 14.4 Å². The summed E-state index contributed by atoms with van der Waals surface area (Å²) in [5, 5.41) is 6.27. The lowest BCUT2D eigenvalue weighted by atomic mass is 10.2. The fourth-order valence-electron chi connectivity index (χ4n) is 3.22. The molecule has 0 spiro atoms. The number of halogens is 1. The Morgan fingerprint density at radius 2 is 1.86 bits per heavy atom. The van der Waals surface area contributed by atoms with E-state index in [9.17, 15) is 4.39 Å². The maximum absolute atomic E-state index is 13.1. The second-order valence-corrected chi connectivity index (χ2v) is 6.73. The summed E-state index contributed by atoms with van der Waals surface area (Å²) in [7, 11) is 0. The summed E-state index contributed by atoms with van der Waals surface area (Å²) in [6.07, 6.45) is 7.13. The molecule has 152 valence electrons. The lowest BCUT2D eigenvalue weighted by Crippen LogP contribution is -2.46.